The van der Waals surface area contributed by atoms with E-state index in [1.54, 1.807) is 0 Å². The van der Waals surface area contributed by atoms with Crippen molar-refractivity contribution in [2.24, 2.45) is 5.92 Å². The lowest BCUT2D eigenvalue weighted by Gasteiger charge is -2.35. The second kappa shape index (κ2) is 16.2. The van der Waals surface area contributed by atoms with Crippen molar-refractivity contribution in [3.8, 4) is 18.1 Å². The molecule has 1 amide bonds. The van der Waals surface area contributed by atoms with Crippen molar-refractivity contribution >= 4 is 29.2 Å². The number of hydroxylamine groups is 2. The van der Waals surface area contributed by atoms with Gasteiger partial charge >= 0.3 is 11.9 Å². The summed E-state index contributed by atoms with van der Waals surface area (Å²) in [6.07, 6.45) is 6.69. The van der Waals surface area contributed by atoms with Crippen molar-refractivity contribution in [2.75, 3.05) is 6.61 Å². The highest BCUT2D eigenvalue weighted by atomic mass is 32.1. The zero-order valence-corrected chi connectivity index (χ0v) is 24.3. The van der Waals surface area contributed by atoms with Gasteiger partial charge in [-0.3, -0.25) is 14.4 Å². The number of benzene rings is 1. The second-order valence-corrected chi connectivity index (χ2v) is 10.4. The van der Waals surface area contributed by atoms with Gasteiger partial charge in [0.1, 0.15) is 5.01 Å². The molecule has 8 nitrogen and oxygen atoms in total. The number of halogens is 5. The van der Waals surface area contributed by atoms with E-state index in [2.05, 4.69) is 15.6 Å². The summed E-state index contributed by atoms with van der Waals surface area (Å²) in [7, 11) is 0. The molecule has 2 rings (SSSR count). The summed E-state index contributed by atoms with van der Waals surface area (Å²) in [6.45, 7) is 6.89. The minimum Gasteiger partial charge on any atom is -0.455 e. The molecule has 0 aliphatic heterocycles. The topological polar surface area (TPSA) is 95.0 Å². The Bertz CT molecular complexity index is 1280. The predicted molar refractivity (Wildman–Crippen MR) is 141 cm³/mol. The molecule has 14 heteroatoms. The standard InChI is InChI=1S/C28H31F5N2O6S/c1-6-8-10-12-39-35(20(37)11-9-7-2)18(15(3)4)13-19(40-16(5)36)27-34-17(14-42-27)28(38)41-26-24(32)22(30)21(29)23(31)25(26)33/h1,14-15,18-19H,7-13H2,2-5H3. The summed E-state index contributed by atoms with van der Waals surface area (Å²) in [4.78, 5) is 47.4. The lowest BCUT2D eigenvalue weighted by molar-refractivity contribution is -0.210. The molecule has 0 saturated heterocycles. The lowest BCUT2D eigenvalue weighted by Crippen LogP contribution is -2.44. The van der Waals surface area contributed by atoms with Crippen LogP contribution in [0.1, 0.15) is 87.8 Å². The summed E-state index contributed by atoms with van der Waals surface area (Å²) in [5, 5.41) is 2.40. The van der Waals surface area contributed by atoms with Crippen LogP contribution in [0.5, 0.6) is 5.75 Å². The number of terminal acetylenes is 1. The van der Waals surface area contributed by atoms with Gasteiger partial charge in [0.25, 0.3) is 0 Å². The van der Waals surface area contributed by atoms with Crippen molar-refractivity contribution < 1.29 is 50.6 Å². The Morgan fingerprint density at radius 3 is 2.21 bits per heavy atom. The third kappa shape index (κ3) is 8.96. The molecule has 42 heavy (non-hydrogen) atoms. The Hall–Kier alpha value is -3.57. The normalized spacial score (nSPS) is 12.5. The molecule has 0 bridgehead atoms. The smallest absolute Gasteiger partial charge is 0.363 e. The van der Waals surface area contributed by atoms with Gasteiger partial charge in [-0.05, 0) is 18.8 Å². The van der Waals surface area contributed by atoms with E-state index in [4.69, 9.17) is 16.0 Å². The summed E-state index contributed by atoms with van der Waals surface area (Å²) in [5.74, 6) is -13.7. The third-order valence-corrected chi connectivity index (χ3v) is 6.83. The zero-order valence-electron chi connectivity index (χ0n) is 23.5. The molecule has 0 radical (unpaired) electrons. The van der Waals surface area contributed by atoms with Crippen LogP contribution in [0.15, 0.2) is 5.38 Å². The Morgan fingerprint density at radius 2 is 1.67 bits per heavy atom. The fourth-order valence-corrected chi connectivity index (χ4v) is 4.56. The number of ether oxygens (including phenoxy) is 2. The molecule has 0 aliphatic carbocycles. The maximum absolute atomic E-state index is 14.0. The number of amides is 1. The van der Waals surface area contributed by atoms with Crippen LogP contribution in [0, 0.1) is 47.3 Å². The number of aromatic nitrogens is 1. The monoisotopic (exact) mass is 618 g/mol. The first-order valence-corrected chi connectivity index (χ1v) is 14.0. The van der Waals surface area contributed by atoms with Crippen LogP contribution in [0.25, 0.3) is 0 Å². The number of rotatable bonds is 15. The number of carbonyl (C=O) groups is 3. The summed E-state index contributed by atoms with van der Waals surface area (Å²) in [5.41, 5.74) is -0.543. The van der Waals surface area contributed by atoms with Gasteiger partial charge < -0.3 is 9.47 Å². The number of nitrogens with zero attached hydrogens (tertiary/aromatic N) is 2. The molecule has 230 valence electrons. The quantitative estimate of drug-likeness (QED) is 0.0331. The van der Waals surface area contributed by atoms with Crippen molar-refractivity contribution in [3.63, 3.8) is 0 Å². The summed E-state index contributed by atoms with van der Waals surface area (Å²) >= 11 is 0.817. The molecule has 0 aliphatic rings. The summed E-state index contributed by atoms with van der Waals surface area (Å²) < 4.78 is 78.3. The first-order valence-electron chi connectivity index (χ1n) is 13.1. The zero-order chi connectivity index (χ0) is 31.6. The maximum atomic E-state index is 14.0. The Labute approximate surface area is 244 Å². The van der Waals surface area contributed by atoms with E-state index < -0.39 is 64.6 Å². The fourth-order valence-electron chi connectivity index (χ4n) is 3.73. The molecule has 0 spiro atoms. The molecule has 0 fully saturated rings. The predicted octanol–water partition coefficient (Wildman–Crippen LogP) is 6.44. The minimum atomic E-state index is -2.41. The molecule has 1 aromatic heterocycles. The van der Waals surface area contributed by atoms with E-state index >= 15 is 0 Å². The highest BCUT2D eigenvalue weighted by molar-refractivity contribution is 7.09. The molecule has 2 aromatic rings. The van der Waals surface area contributed by atoms with Gasteiger partial charge in [0.05, 0.1) is 12.6 Å². The molecule has 2 atom stereocenters. The van der Waals surface area contributed by atoms with Crippen molar-refractivity contribution in [2.45, 2.75) is 78.4 Å². The SMILES string of the molecule is C#CCCCON(C(=O)CCCC)C(CC(OC(C)=O)c1nc(C(=O)Oc2c(F)c(F)c(F)c(F)c2F)cs1)C(C)C. The molecule has 1 aromatic carbocycles. The Balaban J connectivity index is 2.36. The van der Waals surface area contributed by atoms with Gasteiger partial charge in [0.15, 0.2) is 11.8 Å². The lowest BCUT2D eigenvalue weighted by atomic mass is 9.97. The molecular weight excluding hydrogens is 587 g/mol. The molecule has 2 unspecified atom stereocenters. The van der Waals surface area contributed by atoms with Crippen LogP contribution in [0.2, 0.25) is 0 Å². The number of esters is 2. The Kier molecular flexibility index (Phi) is 13.3. The van der Waals surface area contributed by atoms with Crippen LogP contribution in [-0.4, -0.2) is 40.5 Å². The van der Waals surface area contributed by atoms with E-state index in [9.17, 15) is 36.3 Å². The Morgan fingerprint density at radius 1 is 1.05 bits per heavy atom. The van der Waals surface area contributed by atoms with Gasteiger partial charge in [0, 0.05) is 31.6 Å². The summed E-state index contributed by atoms with van der Waals surface area (Å²) in [6, 6.07) is -0.628. The van der Waals surface area contributed by atoms with Crippen molar-refractivity contribution in [1.82, 2.24) is 10.0 Å². The molecular formula is C28H31F5N2O6S. The average molecular weight is 619 g/mol. The minimum absolute atomic E-state index is 0.0100. The molecule has 1 heterocycles. The maximum Gasteiger partial charge on any atom is 0.363 e. The van der Waals surface area contributed by atoms with Crippen LogP contribution < -0.4 is 4.74 Å². The highest BCUT2D eigenvalue weighted by Gasteiger charge is 2.34. The van der Waals surface area contributed by atoms with E-state index in [1.807, 2.05) is 20.8 Å². The number of thiazole rings is 1. The van der Waals surface area contributed by atoms with Gasteiger partial charge in [-0.2, -0.15) is 8.78 Å². The number of hydrogen-bond acceptors (Lipinski definition) is 8. The first kappa shape index (κ1) is 34.6. The number of carbonyl (C=O) groups excluding carboxylic acids is 3. The van der Waals surface area contributed by atoms with Gasteiger partial charge in [0.2, 0.25) is 40.7 Å². The van der Waals surface area contributed by atoms with Gasteiger partial charge in [-0.15, -0.1) is 23.7 Å². The molecule has 0 saturated carbocycles. The first-order chi connectivity index (χ1) is 19.8. The highest BCUT2D eigenvalue weighted by Crippen LogP contribution is 2.33. The van der Waals surface area contributed by atoms with E-state index in [1.165, 1.54) is 5.06 Å². The van der Waals surface area contributed by atoms with Gasteiger partial charge in [-0.25, -0.2) is 28.0 Å². The fraction of sp³-hybridized carbons (Fsp3) is 0.500. The van der Waals surface area contributed by atoms with E-state index in [0.717, 1.165) is 30.1 Å². The molecule has 0 N–H and O–H groups in total. The van der Waals surface area contributed by atoms with Crippen molar-refractivity contribution in [1.29, 1.82) is 0 Å². The van der Waals surface area contributed by atoms with Gasteiger partial charge in [-0.1, -0.05) is 27.2 Å². The second-order valence-electron chi connectivity index (χ2n) is 9.47. The largest absolute Gasteiger partial charge is 0.455 e. The average Bonchev–Trinajstić information content (AvgIpc) is 3.44. The third-order valence-electron chi connectivity index (χ3n) is 5.89. The van der Waals surface area contributed by atoms with Crippen LogP contribution in [0.3, 0.4) is 0 Å². The van der Waals surface area contributed by atoms with Crippen LogP contribution in [-0.2, 0) is 19.2 Å². The number of hydrogen-bond donors (Lipinski definition) is 0. The van der Waals surface area contributed by atoms with Crippen molar-refractivity contribution in [3.05, 3.63) is 45.2 Å². The van der Waals surface area contributed by atoms with Crippen LogP contribution >= 0.6 is 11.3 Å². The van der Waals surface area contributed by atoms with Crippen LogP contribution in [0.4, 0.5) is 22.0 Å². The number of unbranched alkanes of at least 4 members (excludes halogenated alkanes) is 2. The van der Waals surface area contributed by atoms with E-state index in [0.29, 0.717) is 19.3 Å². The van der Waals surface area contributed by atoms with E-state index in [-0.39, 0.29) is 36.3 Å².